The molecule has 1 heterocycles. The van der Waals surface area contributed by atoms with Crippen LogP contribution < -0.4 is 10.6 Å². The first-order chi connectivity index (χ1) is 8.70. The lowest BCUT2D eigenvalue weighted by molar-refractivity contribution is 0.252. The van der Waals surface area contributed by atoms with E-state index in [4.69, 9.17) is 0 Å². The first-order valence-corrected chi connectivity index (χ1v) is 6.12. The van der Waals surface area contributed by atoms with Crippen LogP contribution in [0.4, 0.5) is 10.5 Å². The molecule has 94 valence electrons. The summed E-state index contributed by atoms with van der Waals surface area (Å²) >= 11 is 0. The van der Waals surface area contributed by atoms with Crippen LogP contribution in [-0.2, 0) is 0 Å². The third kappa shape index (κ3) is 2.77. The summed E-state index contributed by atoms with van der Waals surface area (Å²) in [6, 6.07) is 9.54. The van der Waals surface area contributed by atoms with Crippen molar-refractivity contribution in [1.29, 1.82) is 0 Å². The van der Waals surface area contributed by atoms with E-state index >= 15 is 0 Å². The fourth-order valence-electron chi connectivity index (χ4n) is 1.75. The molecule has 1 aromatic carbocycles. The van der Waals surface area contributed by atoms with Crippen molar-refractivity contribution < 1.29 is 4.79 Å². The van der Waals surface area contributed by atoms with Gasteiger partial charge in [0.05, 0.1) is 11.2 Å². The number of carbonyl (C=O) groups excluding carboxylic acids is 1. The predicted octanol–water partition coefficient (Wildman–Crippen LogP) is 3.07. The van der Waals surface area contributed by atoms with Gasteiger partial charge in [0.2, 0.25) is 0 Å². The van der Waals surface area contributed by atoms with Gasteiger partial charge in [0, 0.05) is 17.6 Å². The highest BCUT2D eigenvalue weighted by Gasteiger charge is 2.05. The summed E-state index contributed by atoms with van der Waals surface area (Å²) in [4.78, 5) is 16.1. The number of anilines is 1. The Hall–Kier alpha value is -2.10. The van der Waals surface area contributed by atoms with Gasteiger partial charge < -0.3 is 10.6 Å². The van der Waals surface area contributed by atoms with E-state index < -0.39 is 0 Å². The van der Waals surface area contributed by atoms with Crippen LogP contribution in [0.1, 0.15) is 19.0 Å². The Kier molecular flexibility index (Phi) is 3.77. The molecule has 2 aromatic rings. The summed E-state index contributed by atoms with van der Waals surface area (Å²) in [5, 5.41) is 6.64. The molecule has 0 radical (unpaired) electrons. The molecule has 0 fully saturated rings. The summed E-state index contributed by atoms with van der Waals surface area (Å²) in [5.41, 5.74) is 2.50. The van der Waals surface area contributed by atoms with Gasteiger partial charge in [0.15, 0.2) is 0 Å². The molecule has 1 aromatic heterocycles. The third-order valence-corrected chi connectivity index (χ3v) is 2.64. The monoisotopic (exact) mass is 243 g/mol. The number of aromatic nitrogens is 1. The van der Waals surface area contributed by atoms with Crippen LogP contribution in [0.5, 0.6) is 0 Å². The van der Waals surface area contributed by atoms with E-state index in [1.165, 1.54) is 0 Å². The Bertz CT molecular complexity index is 566. The van der Waals surface area contributed by atoms with Crippen molar-refractivity contribution in [3.63, 3.8) is 0 Å². The van der Waals surface area contributed by atoms with E-state index in [-0.39, 0.29) is 6.03 Å². The smallest absolute Gasteiger partial charge is 0.319 e. The van der Waals surface area contributed by atoms with E-state index in [1.54, 1.807) is 0 Å². The minimum Gasteiger partial charge on any atom is -0.338 e. The second-order valence-corrected chi connectivity index (χ2v) is 4.21. The standard InChI is InChI=1S/C14H17N3O/c1-3-9-15-14(18)17-12-6-4-5-11-8-7-10(2)16-13(11)12/h4-8H,3,9H2,1-2H3,(H2,15,17,18). The maximum absolute atomic E-state index is 11.6. The highest BCUT2D eigenvalue weighted by molar-refractivity contribution is 5.99. The molecule has 0 spiro atoms. The third-order valence-electron chi connectivity index (χ3n) is 2.64. The van der Waals surface area contributed by atoms with E-state index in [9.17, 15) is 4.79 Å². The highest BCUT2D eigenvalue weighted by Crippen LogP contribution is 2.21. The van der Waals surface area contributed by atoms with Gasteiger partial charge >= 0.3 is 6.03 Å². The topological polar surface area (TPSA) is 54.0 Å². The quantitative estimate of drug-likeness (QED) is 0.870. The van der Waals surface area contributed by atoms with Crippen LogP contribution in [0.3, 0.4) is 0 Å². The number of fused-ring (bicyclic) bond motifs is 1. The molecule has 2 N–H and O–H groups in total. The van der Waals surface area contributed by atoms with Crippen LogP contribution in [0, 0.1) is 6.92 Å². The number of para-hydroxylation sites is 1. The molecule has 0 aliphatic heterocycles. The zero-order valence-electron chi connectivity index (χ0n) is 10.7. The minimum atomic E-state index is -0.187. The van der Waals surface area contributed by atoms with Crippen molar-refractivity contribution in [1.82, 2.24) is 10.3 Å². The zero-order chi connectivity index (χ0) is 13.0. The maximum Gasteiger partial charge on any atom is 0.319 e. The molecule has 2 amide bonds. The molecule has 0 aliphatic carbocycles. The molecule has 0 atom stereocenters. The first-order valence-electron chi connectivity index (χ1n) is 6.12. The molecule has 2 rings (SSSR count). The fourth-order valence-corrected chi connectivity index (χ4v) is 1.75. The van der Waals surface area contributed by atoms with Crippen molar-refractivity contribution in [2.75, 3.05) is 11.9 Å². The summed E-state index contributed by atoms with van der Waals surface area (Å²) in [5.74, 6) is 0. The number of benzene rings is 1. The second-order valence-electron chi connectivity index (χ2n) is 4.21. The van der Waals surface area contributed by atoms with Crippen molar-refractivity contribution in [2.45, 2.75) is 20.3 Å². The summed E-state index contributed by atoms with van der Waals surface area (Å²) in [6.45, 7) is 4.62. The van der Waals surface area contributed by atoms with Crippen molar-refractivity contribution in [2.24, 2.45) is 0 Å². The maximum atomic E-state index is 11.6. The number of hydrogen-bond acceptors (Lipinski definition) is 2. The number of rotatable bonds is 3. The molecule has 18 heavy (non-hydrogen) atoms. The zero-order valence-corrected chi connectivity index (χ0v) is 10.7. The highest BCUT2D eigenvalue weighted by atomic mass is 16.2. The number of nitrogens with one attached hydrogen (secondary N) is 2. The largest absolute Gasteiger partial charge is 0.338 e. The van der Waals surface area contributed by atoms with Crippen LogP contribution >= 0.6 is 0 Å². The normalized spacial score (nSPS) is 10.3. The van der Waals surface area contributed by atoms with Crippen LogP contribution in [0.2, 0.25) is 0 Å². The van der Waals surface area contributed by atoms with E-state index in [0.29, 0.717) is 6.54 Å². The van der Waals surface area contributed by atoms with Gasteiger partial charge in [-0.15, -0.1) is 0 Å². The van der Waals surface area contributed by atoms with Crippen LogP contribution in [0.15, 0.2) is 30.3 Å². The number of nitrogens with zero attached hydrogens (tertiary/aromatic N) is 1. The molecule has 0 aliphatic rings. The lowest BCUT2D eigenvalue weighted by Crippen LogP contribution is -2.29. The predicted molar refractivity (Wildman–Crippen MR) is 73.8 cm³/mol. The van der Waals surface area contributed by atoms with Gasteiger partial charge in [0.25, 0.3) is 0 Å². The van der Waals surface area contributed by atoms with E-state index in [0.717, 1.165) is 28.7 Å². The molecule has 0 saturated carbocycles. The van der Waals surface area contributed by atoms with Crippen LogP contribution in [0.25, 0.3) is 10.9 Å². The molecule has 4 nitrogen and oxygen atoms in total. The molecular weight excluding hydrogens is 226 g/mol. The molecule has 0 saturated heterocycles. The Morgan fingerprint density at radius 1 is 1.28 bits per heavy atom. The van der Waals surface area contributed by atoms with E-state index in [1.807, 2.05) is 44.2 Å². The Morgan fingerprint density at radius 3 is 2.89 bits per heavy atom. The van der Waals surface area contributed by atoms with Gasteiger partial charge in [-0.1, -0.05) is 25.1 Å². The Morgan fingerprint density at radius 2 is 2.11 bits per heavy atom. The average Bonchev–Trinajstić information content (AvgIpc) is 2.37. The summed E-state index contributed by atoms with van der Waals surface area (Å²) in [6.07, 6.45) is 0.917. The number of urea groups is 1. The summed E-state index contributed by atoms with van der Waals surface area (Å²) < 4.78 is 0. The fraction of sp³-hybridized carbons (Fsp3) is 0.286. The van der Waals surface area contributed by atoms with Crippen molar-refractivity contribution >= 4 is 22.6 Å². The number of amides is 2. The Labute approximate surface area is 106 Å². The van der Waals surface area contributed by atoms with Gasteiger partial charge in [0.1, 0.15) is 0 Å². The number of carbonyl (C=O) groups is 1. The number of hydrogen-bond donors (Lipinski definition) is 2. The van der Waals surface area contributed by atoms with Crippen molar-refractivity contribution in [3.05, 3.63) is 36.0 Å². The number of pyridine rings is 1. The minimum absolute atomic E-state index is 0.187. The van der Waals surface area contributed by atoms with Crippen LogP contribution in [-0.4, -0.2) is 17.6 Å². The lowest BCUT2D eigenvalue weighted by Gasteiger charge is -2.09. The van der Waals surface area contributed by atoms with Gasteiger partial charge in [-0.3, -0.25) is 4.98 Å². The van der Waals surface area contributed by atoms with Gasteiger partial charge in [-0.25, -0.2) is 4.79 Å². The first kappa shape index (κ1) is 12.4. The summed E-state index contributed by atoms with van der Waals surface area (Å²) in [7, 11) is 0. The molecule has 0 unspecified atom stereocenters. The lowest BCUT2D eigenvalue weighted by atomic mass is 10.2. The average molecular weight is 243 g/mol. The second kappa shape index (κ2) is 5.49. The molecular formula is C14H17N3O. The van der Waals surface area contributed by atoms with Gasteiger partial charge in [-0.2, -0.15) is 0 Å². The Balaban J connectivity index is 2.27. The molecule has 4 heteroatoms. The number of aryl methyl sites for hydroxylation is 1. The van der Waals surface area contributed by atoms with Crippen molar-refractivity contribution in [3.8, 4) is 0 Å². The molecule has 0 bridgehead atoms. The SMILES string of the molecule is CCCNC(=O)Nc1cccc2ccc(C)nc12. The van der Waals surface area contributed by atoms with E-state index in [2.05, 4.69) is 15.6 Å². The van der Waals surface area contributed by atoms with Gasteiger partial charge in [-0.05, 0) is 25.5 Å².